The number of benzene rings is 1. The fraction of sp³-hybridized carbons (Fsp3) is 0.571. The van der Waals surface area contributed by atoms with Crippen molar-refractivity contribution in [3.63, 3.8) is 0 Å². The van der Waals surface area contributed by atoms with Crippen LogP contribution in [0.3, 0.4) is 0 Å². The molecule has 45 heavy (non-hydrogen) atoms. The predicted octanol–water partition coefficient (Wildman–Crippen LogP) is 4.15. The predicted molar refractivity (Wildman–Crippen MR) is 157 cm³/mol. The van der Waals surface area contributed by atoms with Gasteiger partial charge in [-0.15, -0.1) is 0 Å². The molecular formula is C28H37F2N6O8P. The summed E-state index contributed by atoms with van der Waals surface area (Å²) in [5.41, 5.74) is 3.40. The third-order valence-corrected chi connectivity index (χ3v) is 9.20. The highest BCUT2D eigenvalue weighted by molar-refractivity contribution is 7.52. The number of hydrogen-bond donors (Lipinski definition) is 3. The van der Waals surface area contributed by atoms with Gasteiger partial charge in [-0.05, 0) is 58.6 Å². The number of hydrogen-bond acceptors (Lipinski definition) is 12. The van der Waals surface area contributed by atoms with Crippen molar-refractivity contribution in [3.05, 3.63) is 36.7 Å². The Morgan fingerprint density at radius 2 is 1.98 bits per heavy atom. The summed E-state index contributed by atoms with van der Waals surface area (Å²) in [5.74, 6) is -4.17. The summed E-state index contributed by atoms with van der Waals surface area (Å²) in [6, 6.07) is 6.60. The molecule has 1 saturated carbocycles. The minimum atomic E-state index is -4.60. The van der Waals surface area contributed by atoms with Crippen molar-refractivity contribution < 1.29 is 46.5 Å². The molecule has 1 aliphatic heterocycles. The van der Waals surface area contributed by atoms with Gasteiger partial charge in [-0.1, -0.05) is 24.6 Å². The first-order valence-corrected chi connectivity index (χ1v) is 16.2. The molecule has 5 rings (SSSR count). The Hall–Kier alpha value is -3.43. The van der Waals surface area contributed by atoms with Crippen molar-refractivity contribution >= 4 is 30.8 Å². The van der Waals surface area contributed by atoms with Gasteiger partial charge in [-0.25, -0.2) is 18.3 Å². The molecule has 0 spiro atoms. The van der Waals surface area contributed by atoms with Crippen molar-refractivity contribution in [2.24, 2.45) is 0 Å². The normalized spacial score (nSPS) is 27.6. The number of aliphatic hydroxyl groups is 1. The topological polar surface area (TPSA) is 182 Å². The highest BCUT2D eigenvalue weighted by Gasteiger charge is 2.65. The van der Waals surface area contributed by atoms with Crippen LogP contribution in [0, 0.1) is 0 Å². The Kier molecular flexibility index (Phi) is 9.61. The molecule has 2 aromatic heterocycles. The van der Waals surface area contributed by atoms with Gasteiger partial charge in [-0.3, -0.25) is 13.9 Å². The van der Waals surface area contributed by atoms with Gasteiger partial charge in [0.05, 0.1) is 12.9 Å². The number of esters is 1. The van der Waals surface area contributed by atoms with Crippen LogP contribution in [0.15, 0.2) is 36.7 Å². The van der Waals surface area contributed by atoms with E-state index < -0.39 is 50.2 Å². The second-order valence-electron chi connectivity index (χ2n) is 11.2. The van der Waals surface area contributed by atoms with Crippen LogP contribution < -0.4 is 20.1 Å². The number of alkyl halides is 2. The summed E-state index contributed by atoms with van der Waals surface area (Å²) >= 11 is 0. The van der Waals surface area contributed by atoms with E-state index in [1.165, 1.54) is 19.1 Å². The van der Waals surface area contributed by atoms with Gasteiger partial charge in [0.25, 0.3) is 5.85 Å². The summed E-state index contributed by atoms with van der Waals surface area (Å²) in [7, 11) is -4.60. The fourth-order valence-electron chi connectivity index (χ4n) is 5.31. The number of rotatable bonds is 12. The van der Waals surface area contributed by atoms with E-state index in [1.54, 1.807) is 25.1 Å². The minimum Gasteiger partial charge on any atom is -0.476 e. The van der Waals surface area contributed by atoms with E-state index in [-0.39, 0.29) is 41.5 Å². The molecule has 3 unspecified atom stereocenters. The summed E-state index contributed by atoms with van der Waals surface area (Å²) in [6.45, 7) is 3.04. The highest BCUT2D eigenvalue weighted by Crippen LogP contribution is 2.52. The van der Waals surface area contributed by atoms with Gasteiger partial charge < -0.3 is 29.6 Å². The third-order valence-electron chi connectivity index (χ3n) is 7.58. The Balaban J connectivity index is 1.37. The molecule has 6 atom stereocenters. The average molecular weight is 655 g/mol. The third kappa shape index (κ3) is 7.04. The lowest BCUT2D eigenvalue weighted by Crippen LogP contribution is -2.46. The molecular weight excluding hydrogens is 617 g/mol. The quantitative estimate of drug-likeness (QED) is 0.187. The number of nitrogens with one attached hydrogen (secondary N) is 1. The first kappa shape index (κ1) is 32.9. The number of nitrogens with two attached hydrogens (primary N) is 1. The average Bonchev–Trinajstić information content (AvgIpc) is 3.50. The first-order valence-electron chi connectivity index (χ1n) is 14.7. The zero-order valence-corrected chi connectivity index (χ0v) is 26.0. The smallest absolute Gasteiger partial charge is 0.459 e. The molecule has 1 aromatic carbocycles. The number of anilines is 1. The lowest BCUT2D eigenvalue weighted by Gasteiger charge is -2.28. The van der Waals surface area contributed by atoms with Gasteiger partial charge in [-0.2, -0.15) is 15.1 Å². The lowest BCUT2D eigenvalue weighted by atomic mass is 9.97. The molecule has 4 N–H and O–H groups in total. The van der Waals surface area contributed by atoms with Gasteiger partial charge in [0.1, 0.15) is 30.1 Å². The van der Waals surface area contributed by atoms with Crippen LogP contribution in [-0.2, 0) is 23.4 Å². The summed E-state index contributed by atoms with van der Waals surface area (Å²) in [6.07, 6.45) is 0.742. The van der Waals surface area contributed by atoms with Crippen LogP contribution in [0.5, 0.6) is 11.6 Å². The summed E-state index contributed by atoms with van der Waals surface area (Å²) < 4.78 is 74.5. The monoisotopic (exact) mass is 654 g/mol. The van der Waals surface area contributed by atoms with E-state index in [2.05, 4.69) is 20.0 Å². The largest absolute Gasteiger partial charge is 0.476 e. The van der Waals surface area contributed by atoms with E-state index in [9.17, 15) is 14.5 Å². The molecule has 3 heterocycles. The number of nitrogen functional groups attached to an aromatic ring is 1. The van der Waals surface area contributed by atoms with Crippen LogP contribution in [0.2, 0.25) is 0 Å². The van der Waals surface area contributed by atoms with E-state index in [4.69, 9.17) is 29.0 Å². The minimum absolute atomic E-state index is 0.0151. The summed E-state index contributed by atoms with van der Waals surface area (Å²) in [5, 5.41) is 13.6. The molecule has 0 radical (unpaired) electrons. The maximum atomic E-state index is 16.3. The number of ether oxygens (including phenoxy) is 3. The molecule has 2 fully saturated rings. The van der Waals surface area contributed by atoms with Crippen molar-refractivity contribution in [2.75, 3.05) is 18.9 Å². The van der Waals surface area contributed by atoms with Crippen LogP contribution in [-0.4, -0.2) is 73.6 Å². The molecule has 0 bridgehead atoms. The number of halogens is 2. The Morgan fingerprint density at radius 3 is 2.67 bits per heavy atom. The second-order valence-corrected chi connectivity index (χ2v) is 12.9. The van der Waals surface area contributed by atoms with Crippen LogP contribution in [0.25, 0.3) is 11.2 Å². The van der Waals surface area contributed by atoms with Gasteiger partial charge >= 0.3 is 13.7 Å². The van der Waals surface area contributed by atoms with Gasteiger partial charge in [0, 0.05) is 0 Å². The first-order chi connectivity index (χ1) is 21.3. The highest BCUT2D eigenvalue weighted by atomic mass is 31.2. The van der Waals surface area contributed by atoms with Crippen molar-refractivity contribution in [3.8, 4) is 11.6 Å². The van der Waals surface area contributed by atoms with E-state index in [0.29, 0.717) is 12.8 Å². The van der Waals surface area contributed by atoms with Crippen molar-refractivity contribution in [2.45, 2.75) is 88.9 Å². The number of nitrogens with zero attached hydrogens (tertiary/aromatic N) is 4. The van der Waals surface area contributed by atoms with Crippen LogP contribution in [0.4, 0.5) is 14.7 Å². The van der Waals surface area contributed by atoms with Crippen LogP contribution in [0.1, 0.15) is 59.1 Å². The number of carbonyl (C=O) groups excluding carboxylic acids is 1. The second kappa shape index (κ2) is 13.1. The number of aromatic nitrogens is 4. The van der Waals surface area contributed by atoms with Gasteiger partial charge in [0.2, 0.25) is 11.8 Å². The molecule has 0 amide bonds. The Morgan fingerprint density at radius 1 is 1.27 bits per heavy atom. The fourth-order valence-corrected chi connectivity index (χ4v) is 6.81. The molecule has 1 aliphatic carbocycles. The van der Waals surface area contributed by atoms with Crippen molar-refractivity contribution in [1.82, 2.24) is 24.6 Å². The van der Waals surface area contributed by atoms with Gasteiger partial charge in [0.15, 0.2) is 23.6 Å². The maximum Gasteiger partial charge on any atom is 0.459 e. The maximum absolute atomic E-state index is 16.3. The molecule has 1 saturated heterocycles. The zero-order valence-electron chi connectivity index (χ0n) is 25.1. The standard InChI is InChI=1S/C28H37F2N6O8P/c1-4-40-22-20-21(33-26(31)34-22)36(16-32-20)25-27(3,38)24(29)28(30,43-25)15-41-45(39,44-19-13-9-6-10-14-19)35-17(2)23(37)42-18-11-7-5-8-12-18/h6,9-10,13-14,16-18,24-25,38H,4-5,7-8,11-12,15H2,1-3H3,(H,35,39)(H2,31,33,34)/t17?,24-,25?,27+,28+,45?/m0/s1. The Labute approximate surface area is 258 Å². The molecule has 14 nitrogen and oxygen atoms in total. The molecule has 246 valence electrons. The van der Waals surface area contributed by atoms with E-state index in [1.807, 2.05) is 0 Å². The van der Waals surface area contributed by atoms with Crippen molar-refractivity contribution in [1.29, 1.82) is 0 Å². The number of carbonyl (C=O) groups is 1. The lowest BCUT2D eigenvalue weighted by molar-refractivity contribution is -0.192. The molecule has 2 aliphatic rings. The van der Waals surface area contributed by atoms with Crippen LogP contribution >= 0.6 is 7.75 Å². The summed E-state index contributed by atoms with van der Waals surface area (Å²) in [4.78, 5) is 25.1. The zero-order chi connectivity index (χ0) is 32.4. The SMILES string of the molecule is CCOc1nc(N)nc2c1ncn2C1O[C@](F)(COP(=O)(NC(C)C(=O)OC2CCCCC2)Oc2ccccc2)[C@@H](F)[C@@]1(C)O. The number of para-hydroxylation sites is 1. The van der Waals surface area contributed by atoms with E-state index >= 15 is 8.78 Å². The molecule has 3 aromatic rings. The number of fused-ring (bicyclic) bond motifs is 1. The Bertz CT molecular complexity index is 1540. The number of imidazole rings is 1. The molecule has 17 heteroatoms. The van der Waals surface area contributed by atoms with E-state index in [0.717, 1.165) is 37.1 Å².